The molecule has 0 aliphatic rings. The zero-order valence-electron chi connectivity index (χ0n) is 14.9. The molecule has 0 radical (unpaired) electrons. The van der Waals surface area contributed by atoms with E-state index in [2.05, 4.69) is 13.8 Å². The molecule has 1 rings (SSSR count). The predicted octanol–water partition coefficient (Wildman–Crippen LogP) is 2.16. The molecule has 1 amide bonds. The molecule has 6 nitrogen and oxygen atoms in total. The second-order valence-electron chi connectivity index (χ2n) is 5.83. The van der Waals surface area contributed by atoms with Crippen molar-refractivity contribution in [2.24, 2.45) is 11.7 Å². The van der Waals surface area contributed by atoms with Gasteiger partial charge in [0.25, 0.3) is 5.91 Å². The number of hydrogen-bond donors (Lipinski definition) is 1. The first-order valence-electron chi connectivity index (χ1n) is 7.66. The maximum absolute atomic E-state index is 12.7. The summed E-state index contributed by atoms with van der Waals surface area (Å²) in [5, 5.41) is 0. The van der Waals surface area contributed by atoms with Gasteiger partial charge >= 0.3 is 0 Å². The van der Waals surface area contributed by atoms with Crippen molar-refractivity contribution in [2.45, 2.75) is 26.3 Å². The van der Waals surface area contributed by atoms with E-state index in [1.165, 1.54) is 21.3 Å². The Balaban J connectivity index is 2.97. The van der Waals surface area contributed by atoms with Crippen molar-refractivity contribution in [3.8, 4) is 17.2 Å². The SMILES string of the molecule is COc1cc(OC)c(C(=O)N(C)CCC(N)C(C)C)cc1OC. The minimum atomic E-state index is -0.140. The molecule has 1 aromatic carbocycles. The van der Waals surface area contributed by atoms with Crippen molar-refractivity contribution in [3.05, 3.63) is 17.7 Å². The van der Waals surface area contributed by atoms with Crippen LogP contribution in [0.3, 0.4) is 0 Å². The maximum Gasteiger partial charge on any atom is 0.257 e. The number of rotatable bonds is 8. The lowest BCUT2D eigenvalue weighted by molar-refractivity contribution is 0.0785. The van der Waals surface area contributed by atoms with Gasteiger partial charge < -0.3 is 24.8 Å². The average Bonchev–Trinajstić information content (AvgIpc) is 2.56. The van der Waals surface area contributed by atoms with Crippen LogP contribution in [0.2, 0.25) is 0 Å². The van der Waals surface area contributed by atoms with E-state index in [1.807, 2.05) is 0 Å². The van der Waals surface area contributed by atoms with Crippen LogP contribution < -0.4 is 19.9 Å². The fraction of sp³-hybridized carbons (Fsp3) is 0.588. The smallest absolute Gasteiger partial charge is 0.257 e. The number of carbonyl (C=O) groups is 1. The first kappa shape index (κ1) is 19.1. The molecule has 130 valence electrons. The number of methoxy groups -OCH3 is 3. The number of carbonyl (C=O) groups excluding carboxylic acids is 1. The van der Waals surface area contributed by atoms with Gasteiger partial charge in [-0.05, 0) is 12.3 Å². The topological polar surface area (TPSA) is 74.0 Å². The molecule has 0 aromatic heterocycles. The van der Waals surface area contributed by atoms with Crippen LogP contribution in [0, 0.1) is 5.92 Å². The molecular weight excluding hydrogens is 296 g/mol. The van der Waals surface area contributed by atoms with Crippen molar-refractivity contribution in [1.82, 2.24) is 4.90 Å². The summed E-state index contributed by atoms with van der Waals surface area (Å²) in [5.74, 6) is 1.70. The van der Waals surface area contributed by atoms with Gasteiger partial charge in [0.05, 0.1) is 26.9 Å². The molecule has 1 aromatic rings. The lowest BCUT2D eigenvalue weighted by Gasteiger charge is -2.23. The first-order valence-corrected chi connectivity index (χ1v) is 7.66. The molecule has 1 atom stereocenters. The van der Waals surface area contributed by atoms with Crippen LogP contribution in [-0.2, 0) is 0 Å². The summed E-state index contributed by atoms with van der Waals surface area (Å²) in [7, 11) is 6.35. The Hall–Kier alpha value is -1.95. The van der Waals surface area contributed by atoms with E-state index in [-0.39, 0.29) is 11.9 Å². The van der Waals surface area contributed by atoms with Crippen LogP contribution in [0.1, 0.15) is 30.6 Å². The summed E-state index contributed by atoms with van der Waals surface area (Å²) in [6, 6.07) is 3.36. The van der Waals surface area contributed by atoms with Crippen molar-refractivity contribution in [1.29, 1.82) is 0 Å². The highest BCUT2D eigenvalue weighted by Crippen LogP contribution is 2.35. The zero-order valence-corrected chi connectivity index (χ0v) is 14.9. The van der Waals surface area contributed by atoms with E-state index in [4.69, 9.17) is 19.9 Å². The Morgan fingerprint density at radius 1 is 1.09 bits per heavy atom. The van der Waals surface area contributed by atoms with Crippen LogP contribution in [-0.4, -0.2) is 51.8 Å². The van der Waals surface area contributed by atoms with Gasteiger partial charge in [0, 0.05) is 31.8 Å². The number of nitrogens with zero attached hydrogens (tertiary/aromatic N) is 1. The van der Waals surface area contributed by atoms with E-state index in [0.717, 1.165) is 6.42 Å². The molecule has 1 unspecified atom stereocenters. The van der Waals surface area contributed by atoms with Crippen molar-refractivity contribution >= 4 is 5.91 Å². The highest BCUT2D eigenvalue weighted by molar-refractivity contribution is 5.97. The lowest BCUT2D eigenvalue weighted by atomic mass is 10.0. The third kappa shape index (κ3) is 4.76. The quantitative estimate of drug-likeness (QED) is 0.793. The molecule has 2 N–H and O–H groups in total. The van der Waals surface area contributed by atoms with Gasteiger partial charge in [-0.3, -0.25) is 4.79 Å². The first-order chi connectivity index (χ1) is 10.8. The Morgan fingerprint density at radius 3 is 2.09 bits per heavy atom. The maximum atomic E-state index is 12.7. The Kier molecular flexibility index (Phi) is 7.16. The minimum Gasteiger partial charge on any atom is -0.496 e. The van der Waals surface area contributed by atoms with Crippen LogP contribution in [0.4, 0.5) is 0 Å². The standard InChI is InChI=1S/C17H28N2O4/c1-11(2)13(18)7-8-19(3)17(20)12-9-15(22-5)16(23-6)10-14(12)21-4/h9-11,13H,7-8,18H2,1-6H3. The fourth-order valence-electron chi connectivity index (χ4n) is 2.18. The molecule has 0 bridgehead atoms. The van der Waals surface area contributed by atoms with Crippen molar-refractivity contribution < 1.29 is 19.0 Å². The second kappa shape index (κ2) is 8.62. The summed E-state index contributed by atoms with van der Waals surface area (Å²) < 4.78 is 15.8. The number of amides is 1. The molecule has 0 heterocycles. The van der Waals surface area contributed by atoms with Gasteiger partial charge in [-0.1, -0.05) is 13.8 Å². The lowest BCUT2D eigenvalue weighted by Crippen LogP contribution is -2.34. The molecule has 0 fully saturated rings. The van der Waals surface area contributed by atoms with E-state index in [9.17, 15) is 4.79 Å². The van der Waals surface area contributed by atoms with E-state index in [0.29, 0.717) is 35.3 Å². The molecule has 0 aliphatic carbocycles. The Morgan fingerprint density at radius 2 is 1.61 bits per heavy atom. The van der Waals surface area contributed by atoms with E-state index in [1.54, 1.807) is 24.1 Å². The van der Waals surface area contributed by atoms with Crippen LogP contribution in [0.15, 0.2) is 12.1 Å². The van der Waals surface area contributed by atoms with Gasteiger partial charge in [-0.15, -0.1) is 0 Å². The summed E-state index contributed by atoms with van der Waals surface area (Å²) >= 11 is 0. The summed E-state index contributed by atoms with van der Waals surface area (Å²) in [4.78, 5) is 14.3. The third-order valence-corrected chi connectivity index (χ3v) is 3.94. The average molecular weight is 324 g/mol. The second-order valence-corrected chi connectivity index (χ2v) is 5.83. The monoisotopic (exact) mass is 324 g/mol. The van der Waals surface area contributed by atoms with E-state index >= 15 is 0 Å². The van der Waals surface area contributed by atoms with Gasteiger partial charge in [0.15, 0.2) is 11.5 Å². The summed E-state index contributed by atoms with van der Waals surface area (Å²) in [6.07, 6.45) is 0.746. The van der Waals surface area contributed by atoms with Gasteiger partial charge in [0.2, 0.25) is 0 Å². The number of ether oxygens (including phenoxy) is 3. The fourth-order valence-corrected chi connectivity index (χ4v) is 2.18. The van der Waals surface area contributed by atoms with Crippen molar-refractivity contribution in [3.63, 3.8) is 0 Å². The largest absolute Gasteiger partial charge is 0.496 e. The van der Waals surface area contributed by atoms with Gasteiger partial charge in [-0.25, -0.2) is 0 Å². The highest BCUT2D eigenvalue weighted by atomic mass is 16.5. The van der Waals surface area contributed by atoms with Crippen LogP contribution in [0.5, 0.6) is 17.2 Å². The van der Waals surface area contributed by atoms with Crippen LogP contribution in [0.25, 0.3) is 0 Å². The molecular formula is C17H28N2O4. The molecule has 0 aliphatic heterocycles. The Labute approximate surface area is 138 Å². The summed E-state index contributed by atoms with van der Waals surface area (Å²) in [6.45, 7) is 4.73. The third-order valence-electron chi connectivity index (χ3n) is 3.94. The number of hydrogen-bond acceptors (Lipinski definition) is 5. The predicted molar refractivity (Wildman–Crippen MR) is 90.5 cm³/mol. The van der Waals surface area contributed by atoms with Gasteiger partial charge in [-0.2, -0.15) is 0 Å². The number of benzene rings is 1. The van der Waals surface area contributed by atoms with Crippen molar-refractivity contribution in [2.75, 3.05) is 34.9 Å². The molecule has 23 heavy (non-hydrogen) atoms. The number of nitrogens with two attached hydrogens (primary N) is 1. The van der Waals surface area contributed by atoms with Crippen LogP contribution >= 0.6 is 0 Å². The Bertz CT molecular complexity index is 532. The molecule has 0 spiro atoms. The zero-order chi connectivity index (χ0) is 17.6. The normalized spacial score (nSPS) is 12.0. The summed E-state index contributed by atoms with van der Waals surface area (Å²) in [5.41, 5.74) is 6.48. The molecule has 6 heteroatoms. The van der Waals surface area contributed by atoms with E-state index < -0.39 is 0 Å². The minimum absolute atomic E-state index is 0.0672. The molecule has 0 saturated carbocycles. The van der Waals surface area contributed by atoms with Gasteiger partial charge in [0.1, 0.15) is 5.75 Å². The highest BCUT2D eigenvalue weighted by Gasteiger charge is 2.21. The molecule has 0 saturated heterocycles.